The summed E-state index contributed by atoms with van der Waals surface area (Å²) in [7, 11) is 0. The Labute approximate surface area is 160 Å². The number of rotatable bonds is 4. The molecule has 3 aliphatic rings. The van der Waals surface area contributed by atoms with Crippen LogP contribution >= 0.6 is 0 Å². The highest BCUT2D eigenvalue weighted by molar-refractivity contribution is 5.99. The average molecular weight is 372 g/mol. The van der Waals surface area contributed by atoms with E-state index in [1.54, 1.807) is 4.90 Å². The molecule has 7 heteroatoms. The number of urea groups is 1. The number of benzene rings is 1. The molecule has 2 atom stereocenters. The van der Waals surface area contributed by atoms with Crippen molar-refractivity contribution >= 4 is 17.6 Å². The van der Waals surface area contributed by atoms with E-state index in [2.05, 4.69) is 15.5 Å². The van der Waals surface area contributed by atoms with Crippen molar-refractivity contribution in [2.24, 2.45) is 0 Å². The van der Waals surface area contributed by atoms with Gasteiger partial charge in [0.15, 0.2) is 0 Å². The SMILES string of the molecule is Cc1ccc(C(=O)N[C@@H]2COC[C@H]2N2CCCCC2)cc1N1CCNC1=O. The second kappa shape index (κ2) is 7.86. The zero-order chi connectivity index (χ0) is 18.8. The van der Waals surface area contributed by atoms with Gasteiger partial charge in [0.25, 0.3) is 5.91 Å². The fourth-order valence-corrected chi connectivity index (χ4v) is 4.29. The van der Waals surface area contributed by atoms with Crippen molar-refractivity contribution in [1.82, 2.24) is 15.5 Å². The standard InChI is InChI=1S/C20H28N4O3/c1-14-5-6-15(11-17(14)24-10-7-21-20(24)26)19(25)22-16-12-27-13-18(16)23-8-3-2-4-9-23/h5-6,11,16,18H,2-4,7-10,12-13H2,1H3,(H,21,26)(H,22,25)/t16-,18-/m1/s1. The van der Waals surface area contributed by atoms with Gasteiger partial charge in [-0.05, 0) is 50.6 Å². The maximum absolute atomic E-state index is 12.9. The lowest BCUT2D eigenvalue weighted by Gasteiger charge is -2.34. The fraction of sp³-hybridized carbons (Fsp3) is 0.600. The van der Waals surface area contributed by atoms with Gasteiger partial charge in [-0.25, -0.2) is 4.79 Å². The van der Waals surface area contributed by atoms with Gasteiger partial charge in [0.2, 0.25) is 0 Å². The molecule has 2 N–H and O–H groups in total. The Morgan fingerprint density at radius 2 is 2.00 bits per heavy atom. The van der Waals surface area contributed by atoms with Crippen LogP contribution in [0.2, 0.25) is 0 Å². The van der Waals surface area contributed by atoms with E-state index in [9.17, 15) is 9.59 Å². The monoisotopic (exact) mass is 372 g/mol. The highest BCUT2D eigenvalue weighted by Crippen LogP contribution is 2.24. The molecule has 7 nitrogen and oxygen atoms in total. The van der Waals surface area contributed by atoms with Crippen LogP contribution in [0.25, 0.3) is 0 Å². The summed E-state index contributed by atoms with van der Waals surface area (Å²) >= 11 is 0. The van der Waals surface area contributed by atoms with Crippen molar-refractivity contribution in [2.75, 3.05) is 44.3 Å². The topological polar surface area (TPSA) is 73.9 Å². The molecule has 3 amide bonds. The maximum atomic E-state index is 12.9. The molecule has 0 spiro atoms. The zero-order valence-corrected chi connectivity index (χ0v) is 15.9. The van der Waals surface area contributed by atoms with Gasteiger partial charge in [0.05, 0.1) is 25.3 Å². The van der Waals surface area contributed by atoms with Gasteiger partial charge in [-0.1, -0.05) is 12.5 Å². The highest BCUT2D eigenvalue weighted by atomic mass is 16.5. The third-order valence-electron chi connectivity index (χ3n) is 5.85. The quantitative estimate of drug-likeness (QED) is 0.840. The molecule has 1 aromatic rings. The van der Waals surface area contributed by atoms with Gasteiger partial charge in [0, 0.05) is 24.3 Å². The molecule has 0 bridgehead atoms. The first-order chi connectivity index (χ1) is 13.1. The van der Waals surface area contributed by atoms with E-state index in [1.165, 1.54) is 19.3 Å². The second-order valence-corrected chi connectivity index (χ2v) is 7.67. The second-order valence-electron chi connectivity index (χ2n) is 7.67. The van der Waals surface area contributed by atoms with E-state index in [-0.39, 0.29) is 24.0 Å². The number of piperidine rings is 1. The molecule has 3 aliphatic heterocycles. The molecule has 146 valence electrons. The van der Waals surface area contributed by atoms with E-state index in [1.807, 2.05) is 25.1 Å². The first-order valence-electron chi connectivity index (χ1n) is 9.92. The predicted octanol–water partition coefficient (Wildman–Crippen LogP) is 1.51. The smallest absolute Gasteiger partial charge is 0.322 e. The number of carbonyl (C=O) groups excluding carboxylic acids is 2. The van der Waals surface area contributed by atoms with Crippen LogP contribution < -0.4 is 15.5 Å². The number of anilines is 1. The first kappa shape index (κ1) is 18.3. The number of hydrogen-bond donors (Lipinski definition) is 2. The van der Waals surface area contributed by atoms with Crippen molar-refractivity contribution < 1.29 is 14.3 Å². The number of likely N-dealkylation sites (tertiary alicyclic amines) is 1. The van der Waals surface area contributed by atoms with Crippen LogP contribution in [0, 0.1) is 6.92 Å². The molecular formula is C20H28N4O3. The predicted molar refractivity (Wildman–Crippen MR) is 103 cm³/mol. The van der Waals surface area contributed by atoms with Gasteiger partial charge in [-0.3, -0.25) is 14.6 Å². The Balaban J connectivity index is 1.47. The third kappa shape index (κ3) is 3.80. The molecule has 4 rings (SSSR count). The zero-order valence-electron chi connectivity index (χ0n) is 15.9. The van der Waals surface area contributed by atoms with Gasteiger partial charge in [0.1, 0.15) is 0 Å². The van der Waals surface area contributed by atoms with Crippen LogP contribution in [0.1, 0.15) is 35.2 Å². The van der Waals surface area contributed by atoms with Crippen LogP contribution in [0.5, 0.6) is 0 Å². The van der Waals surface area contributed by atoms with Crippen LogP contribution in [0.4, 0.5) is 10.5 Å². The maximum Gasteiger partial charge on any atom is 0.322 e. The van der Waals surface area contributed by atoms with Crippen LogP contribution in [-0.2, 0) is 4.74 Å². The number of nitrogens with one attached hydrogen (secondary N) is 2. The first-order valence-corrected chi connectivity index (χ1v) is 9.92. The van der Waals surface area contributed by atoms with E-state index in [0.29, 0.717) is 31.9 Å². The molecule has 3 heterocycles. The van der Waals surface area contributed by atoms with E-state index >= 15 is 0 Å². The van der Waals surface area contributed by atoms with Gasteiger partial charge in [-0.15, -0.1) is 0 Å². The minimum absolute atomic E-state index is 0.00967. The number of aryl methyl sites for hydroxylation is 1. The fourth-order valence-electron chi connectivity index (χ4n) is 4.29. The van der Waals surface area contributed by atoms with Gasteiger partial charge < -0.3 is 15.4 Å². The highest BCUT2D eigenvalue weighted by Gasteiger charge is 2.35. The summed E-state index contributed by atoms with van der Waals surface area (Å²) in [5, 5.41) is 5.98. The molecule has 1 aromatic carbocycles. The Bertz CT molecular complexity index is 717. The van der Waals surface area contributed by atoms with Crippen molar-refractivity contribution in [3.05, 3.63) is 29.3 Å². The van der Waals surface area contributed by atoms with Crippen molar-refractivity contribution in [2.45, 2.75) is 38.3 Å². The van der Waals surface area contributed by atoms with E-state index in [4.69, 9.17) is 4.74 Å². The molecule has 0 saturated carbocycles. The molecule has 0 aromatic heterocycles. The van der Waals surface area contributed by atoms with E-state index < -0.39 is 0 Å². The lowest BCUT2D eigenvalue weighted by atomic mass is 10.0. The molecule has 0 radical (unpaired) electrons. The molecule has 0 aliphatic carbocycles. The number of ether oxygens (including phenoxy) is 1. The Hall–Kier alpha value is -2.12. The summed E-state index contributed by atoms with van der Waals surface area (Å²) in [6.07, 6.45) is 3.73. The molecule has 3 fully saturated rings. The normalized spacial score (nSPS) is 26.3. The van der Waals surface area contributed by atoms with Crippen LogP contribution in [-0.4, -0.2) is 68.3 Å². The molecule has 0 unspecified atom stereocenters. The Morgan fingerprint density at radius 3 is 2.74 bits per heavy atom. The van der Waals surface area contributed by atoms with Gasteiger partial charge >= 0.3 is 6.03 Å². The Kier molecular flexibility index (Phi) is 5.31. The number of carbonyl (C=O) groups is 2. The summed E-state index contributed by atoms with van der Waals surface area (Å²) in [5.74, 6) is -0.103. The minimum atomic E-state index is -0.106. The van der Waals surface area contributed by atoms with Crippen LogP contribution in [0.3, 0.4) is 0 Å². The summed E-state index contributed by atoms with van der Waals surface area (Å²) in [6.45, 7) is 6.61. The van der Waals surface area contributed by atoms with Crippen molar-refractivity contribution in [3.63, 3.8) is 0 Å². The number of hydrogen-bond acceptors (Lipinski definition) is 4. The molecule has 3 saturated heterocycles. The summed E-state index contributed by atoms with van der Waals surface area (Å²) in [4.78, 5) is 29.0. The lowest BCUT2D eigenvalue weighted by Crippen LogP contribution is -2.52. The van der Waals surface area contributed by atoms with Crippen molar-refractivity contribution in [3.8, 4) is 0 Å². The third-order valence-corrected chi connectivity index (χ3v) is 5.85. The number of amides is 3. The summed E-state index contributed by atoms with van der Waals surface area (Å²) in [6, 6.07) is 5.71. The molecule has 27 heavy (non-hydrogen) atoms. The van der Waals surface area contributed by atoms with E-state index in [0.717, 1.165) is 24.3 Å². The molecular weight excluding hydrogens is 344 g/mol. The largest absolute Gasteiger partial charge is 0.378 e. The van der Waals surface area contributed by atoms with Crippen LogP contribution in [0.15, 0.2) is 18.2 Å². The summed E-state index contributed by atoms with van der Waals surface area (Å²) in [5.41, 5.74) is 2.37. The van der Waals surface area contributed by atoms with Gasteiger partial charge in [-0.2, -0.15) is 0 Å². The summed E-state index contributed by atoms with van der Waals surface area (Å²) < 4.78 is 5.68. The van der Waals surface area contributed by atoms with Crippen molar-refractivity contribution in [1.29, 1.82) is 0 Å². The Morgan fingerprint density at radius 1 is 1.19 bits per heavy atom. The number of nitrogens with zero attached hydrogens (tertiary/aromatic N) is 2. The minimum Gasteiger partial charge on any atom is -0.378 e. The lowest BCUT2D eigenvalue weighted by molar-refractivity contribution is 0.0900. The average Bonchev–Trinajstić information content (AvgIpc) is 3.32.